The first-order valence-electron chi connectivity index (χ1n) is 12.9. The molecule has 5 aromatic rings. The van der Waals surface area contributed by atoms with Crippen LogP contribution in [0.3, 0.4) is 0 Å². The molecule has 0 spiro atoms. The van der Waals surface area contributed by atoms with Crippen LogP contribution in [0, 0.1) is 51.2 Å². The number of allylic oxidation sites excluding steroid dienone is 4. The van der Waals surface area contributed by atoms with Crippen molar-refractivity contribution in [3.8, 4) is 46.9 Å². The lowest BCUT2D eigenvalue weighted by molar-refractivity contribution is 0.545. The fraction of sp³-hybridized carbons (Fsp3) is 0.118. The summed E-state index contributed by atoms with van der Waals surface area (Å²) in [5.74, 6) is 2.83. The van der Waals surface area contributed by atoms with Crippen LogP contribution < -0.4 is 0 Å². The highest BCUT2D eigenvalue weighted by molar-refractivity contribution is 6.09. The average Bonchev–Trinajstić information content (AvgIpc) is 3.72. The number of fused-ring (bicyclic) bond motifs is 3. The second-order valence-electron chi connectivity index (χ2n) is 9.82. The molecule has 5 rings (SSSR count). The van der Waals surface area contributed by atoms with Gasteiger partial charge in [-0.25, -0.2) is 0 Å². The summed E-state index contributed by atoms with van der Waals surface area (Å²) >= 11 is 0. The molecule has 7 nitrogen and oxygen atoms in total. The third-order valence-corrected chi connectivity index (χ3v) is 6.53. The summed E-state index contributed by atoms with van der Waals surface area (Å²) in [5, 5.41) is 38.1. The van der Waals surface area contributed by atoms with E-state index in [-0.39, 0.29) is 11.1 Å². The molecular formula is C34H23N5O2. The van der Waals surface area contributed by atoms with Crippen molar-refractivity contribution in [1.29, 1.82) is 21.0 Å². The molecular weight excluding hydrogens is 510 g/mol. The Morgan fingerprint density at radius 1 is 0.732 bits per heavy atom. The minimum atomic E-state index is -0.0158. The molecule has 41 heavy (non-hydrogen) atoms. The van der Waals surface area contributed by atoms with Gasteiger partial charge in [0.05, 0.1) is 0 Å². The number of hydrogen-bond donors (Lipinski definition) is 0. The van der Waals surface area contributed by atoms with Crippen LogP contribution in [0.1, 0.15) is 25.4 Å². The standard InChI is InChI=1S/C34H23N5O2/c1-22(2)21-39-31-15-25(33-12-8-27(40-33)5-3-4-23(17-35)18-36)6-10-29(31)30-11-7-26(16-32(30)39)34-13-9-28(41-34)14-24(19-37)20-38/h3-16,22H,21H2,1-2H3/b5-3+. The van der Waals surface area contributed by atoms with Gasteiger partial charge in [0, 0.05) is 45.6 Å². The van der Waals surface area contributed by atoms with Crippen LogP contribution in [0.15, 0.2) is 92.8 Å². The van der Waals surface area contributed by atoms with E-state index in [9.17, 15) is 0 Å². The van der Waals surface area contributed by atoms with Crippen LogP contribution in [0.2, 0.25) is 0 Å². The molecule has 2 aromatic carbocycles. The minimum Gasteiger partial charge on any atom is -0.457 e. The van der Waals surface area contributed by atoms with Crippen LogP contribution in [0.25, 0.3) is 56.6 Å². The number of furan rings is 2. The smallest absolute Gasteiger partial charge is 0.134 e. The molecule has 0 saturated heterocycles. The number of benzene rings is 2. The van der Waals surface area contributed by atoms with Gasteiger partial charge in [-0.1, -0.05) is 44.2 Å². The van der Waals surface area contributed by atoms with Gasteiger partial charge in [0.1, 0.15) is 58.5 Å². The third kappa shape index (κ3) is 5.43. The monoisotopic (exact) mass is 533 g/mol. The van der Waals surface area contributed by atoms with E-state index in [1.807, 2.05) is 54.6 Å². The van der Waals surface area contributed by atoms with Crippen molar-refractivity contribution < 1.29 is 8.83 Å². The normalized spacial score (nSPS) is 10.8. The summed E-state index contributed by atoms with van der Waals surface area (Å²) in [4.78, 5) is 0. The van der Waals surface area contributed by atoms with E-state index in [1.54, 1.807) is 18.2 Å². The molecule has 0 atom stereocenters. The predicted octanol–water partition coefficient (Wildman–Crippen LogP) is 8.39. The van der Waals surface area contributed by atoms with Crippen molar-refractivity contribution in [1.82, 2.24) is 4.57 Å². The summed E-state index contributed by atoms with van der Waals surface area (Å²) in [6, 6.07) is 27.2. The Morgan fingerprint density at radius 3 is 1.80 bits per heavy atom. The molecule has 196 valence electrons. The first-order valence-corrected chi connectivity index (χ1v) is 12.9. The molecule has 0 aliphatic heterocycles. The van der Waals surface area contributed by atoms with E-state index >= 15 is 0 Å². The summed E-state index contributed by atoms with van der Waals surface area (Å²) < 4.78 is 14.3. The van der Waals surface area contributed by atoms with Crippen molar-refractivity contribution in [2.75, 3.05) is 0 Å². The van der Waals surface area contributed by atoms with Crippen LogP contribution in [-0.2, 0) is 6.54 Å². The van der Waals surface area contributed by atoms with Crippen molar-refractivity contribution in [2.45, 2.75) is 20.4 Å². The highest BCUT2D eigenvalue weighted by Gasteiger charge is 2.16. The van der Waals surface area contributed by atoms with Gasteiger partial charge in [0.15, 0.2) is 0 Å². The fourth-order valence-corrected chi connectivity index (χ4v) is 4.72. The van der Waals surface area contributed by atoms with E-state index in [1.165, 1.54) is 12.2 Å². The number of nitriles is 4. The average molecular weight is 534 g/mol. The van der Waals surface area contributed by atoms with Crippen LogP contribution >= 0.6 is 0 Å². The Kier molecular flexibility index (Phi) is 7.38. The molecule has 0 unspecified atom stereocenters. The van der Waals surface area contributed by atoms with Crippen molar-refractivity contribution in [3.63, 3.8) is 0 Å². The van der Waals surface area contributed by atoms with E-state index in [2.05, 4.69) is 42.7 Å². The fourth-order valence-electron chi connectivity index (χ4n) is 4.72. The lowest BCUT2D eigenvalue weighted by atomic mass is 10.1. The number of hydrogen-bond acceptors (Lipinski definition) is 6. The van der Waals surface area contributed by atoms with E-state index in [4.69, 9.17) is 29.9 Å². The van der Waals surface area contributed by atoms with Gasteiger partial charge in [-0.05, 0) is 54.5 Å². The van der Waals surface area contributed by atoms with Gasteiger partial charge in [-0.2, -0.15) is 21.0 Å². The quantitative estimate of drug-likeness (QED) is 0.153. The Bertz CT molecular complexity index is 2020. The number of nitrogens with zero attached hydrogens (tertiary/aromatic N) is 5. The second-order valence-corrected chi connectivity index (χ2v) is 9.82. The molecule has 0 fully saturated rings. The van der Waals surface area contributed by atoms with Crippen LogP contribution in [-0.4, -0.2) is 4.57 Å². The molecule has 7 heteroatoms. The summed E-state index contributed by atoms with van der Waals surface area (Å²) in [6.07, 6.45) is 6.21. The first kappa shape index (κ1) is 26.6. The maximum Gasteiger partial charge on any atom is 0.134 e. The zero-order valence-electron chi connectivity index (χ0n) is 22.4. The molecule has 0 saturated carbocycles. The van der Waals surface area contributed by atoms with Crippen molar-refractivity contribution in [2.24, 2.45) is 5.92 Å². The molecule has 3 aromatic heterocycles. The molecule has 0 amide bonds. The molecule has 0 bridgehead atoms. The minimum absolute atomic E-state index is 0.0158. The van der Waals surface area contributed by atoms with Gasteiger partial charge >= 0.3 is 0 Å². The highest BCUT2D eigenvalue weighted by Crippen LogP contribution is 2.36. The predicted molar refractivity (Wildman–Crippen MR) is 157 cm³/mol. The van der Waals surface area contributed by atoms with E-state index < -0.39 is 0 Å². The third-order valence-electron chi connectivity index (χ3n) is 6.53. The summed E-state index contributed by atoms with van der Waals surface area (Å²) in [7, 11) is 0. The van der Waals surface area contributed by atoms with Crippen molar-refractivity contribution in [3.05, 3.63) is 95.5 Å². The second kappa shape index (κ2) is 11.4. The van der Waals surface area contributed by atoms with Crippen LogP contribution in [0.5, 0.6) is 0 Å². The number of rotatable bonds is 7. The topological polar surface area (TPSA) is 126 Å². The van der Waals surface area contributed by atoms with Gasteiger partial charge in [0.2, 0.25) is 0 Å². The van der Waals surface area contributed by atoms with Crippen LogP contribution in [0.4, 0.5) is 0 Å². The summed E-state index contributed by atoms with van der Waals surface area (Å²) in [6.45, 7) is 5.18. The SMILES string of the molecule is CC(C)Cn1c2cc(-c3ccc(C=C(C#N)C#N)o3)ccc2c2ccc(-c3ccc(/C=C/C=C(C#N)C#N)o3)cc21. The zero-order chi connectivity index (χ0) is 28.9. The van der Waals surface area contributed by atoms with Gasteiger partial charge < -0.3 is 13.4 Å². The van der Waals surface area contributed by atoms with Gasteiger partial charge in [0.25, 0.3) is 0 Å². The number of aromatic nitrogens is 1. The Morgan fingerprint density at radius 2 is 1.27 bits per heavy atom. The largest absolute Gasteiger partial charge is 0.457 e. The highest BCUT2D eigenvalue weighted by atomic mass is 16.3. The molecule has 0 radical (unpaired) electrons. The lowest BCUT2D eigenvalue weighted by Gasteiger charge is -2.11. The maximum atomic E-state index is 9.05. The zero-order valence-corrected chi connectivity index (χ0v) is 22.4. The molecule has 0 N–H and O–H groups in total. The Balaban J connectivity index is 1.56. The summed E-state index contributed by atoms with van der Waals surface area (Å²) in [5.41, 5.74) is 4.00. The Hall–Kier alpha value is -6.02. The van der Waals surface area contributed by atoms with Crippen molar-refractivity contribution >= 4 is 34.0 Å². The lowest BCUT2D eigenvalue weighted by Crippen LogP contribution is -2.04. The molecule has 3 heterocycles. The molecule has 0 aliphatic carbocycles. The van der Waals surface area contributed by atoms with Gasteiger partial charge in [-0.15, -0.1) is 0 Å². The first-order chi connectivity index (χ1) is 19.9. The van der Waals surface area contributed by atoms with Gasteiger partial charge in [-0.3, -0.25) is 0 Å². The maximum absolute atomic E-state index is 9.05. The Labute approximate surface area is 237 Å². The van der Waals surface area contributed by atoms with E-state index in [0.717, 1.165) is 39.5 Å². The molecule has 0 aliphatic rings. The van der Waals surface area contributed by atoms with E-state index in [0.29, 0.717) is 29.0 Å².